The maximum Gasteiger partial charge on any atom is 0.0693 e. The second-order valence-electron chi connectivity index (χ2n) is 1.72. The first-order valence-corrected chi connectivity index (χ1v) is 3.18. The lowest BCUT2D eigenvalue weighted by atomic mass is 10.2. The van der Waals surface area contributed by atoms with E-state index < -0.39 is 0 Å². The third kappa shape index (κ3) is 3.43. The monoisotopic (exact) mass is 159 g/mol. The van der Waals surface area contributed by atoms with Crippen LogP contribution >= 0.6 is 11.6 Å². The van der Waals surface area contributed by atoms with Gasteiger partial charge in [0.1, 0.15) is 0 Å². The Morgan fingerprint density at radius 3 is 2.70 bits per heavy atom. The summed E-state index contributed by atoms with van der Waals surface area (Å²) < 4.78 is 0. The number of allylic oxidation sites excluding steroid dienone is 1. The molecule has 1 N–H and O–H groups in total. The number of rotatable bonds is 3. The van der Waals surface area contributed by atoms with E-state index >= 15 is 0 Å². The Morgan fingerprint density at radius 2 is 2.40 bits per heavy atom. The summed E-state index contributed by atoms with van der Waals surface area (Å²) in [4.78, 5) is 3.47. The van der Waals surface area contributed by atoms with Crippen LogP contribution in [0.5, 0.6) is 0 Å². The standard InChI is InChI=1S/C7H10ClNO/c1-6(8)7(5-10)3-4-9-2/h3-4,10H,2,5H2,1H3/b4-3-,7-6-. The maximum atomic E-state index is 8.67. The summed E-state index contributed by atoms with van der Waals surface area (Å²) in [5.41, 5.74) is 0.661. The minimum Gasteiger partial charge on any atom is -0.392 e. The van der Waals surface area contributed by atoms with Gasteiger partial charge in [-0.25, -0.2) is 0 Å². The van der Waals surface area contributed by atoms with Crippen LogP contribution in [0, 0.1) is 0 Å². The number of nitrogens with zero attached hydrogens (tertiary/aromatic N) is 1. The van der Waals surface area contributed by atoms with Gasteiger partial charge in [-0.3, -0.25) is 4.99 Å². The highest BCUT2D eigenvalue weighted by atomic mass is 35.5. The molecule has 2 nitrogen and oxygen atoms in total. The van der Waals surface area contributed by atoms with E-state index in [1.807, 2.05) is 0 Å². The van der Waals surface area contributed by atoms with Crippen molar-refractivity contribution in [3.63, 3.8) is 0 Å². The van der Waals surface area contributed by atoms with Gasteiger partial charge in [-0.15, -0.1) is 0 Å². The summed E-state index contributed by atoms with van der Waals surface area (Å²) in [6.45, 7) is 4.88. The largest absolute Gasteiger partial charge is 0.392 e. The zero-order valence-electron chi connectivity index (χ0n) is 5.84. The molecule has 0 spiro atoms. The summed E-state index contributed by atoms with van der Waals surface area (Å²) in [5, 5.41) is 9.24. The Morgan fingerprint density at radius 1 is 1.80 bits per heavy atom. The van der Waals surface area contributed by atoms with Crippen LogP contribution in [0.4, 0.5) is 0 Å². The zero-order valence-corrected chi connectivity index (χ0v) is 6.60. The van der Waals surface area contributed by atoms with Gasteiger partial charge < -0.3 is 5.11 Å². The van der Waals surface area contributed by atoms with E-state index in [1.54, 1.807) is 13.0 Å². The average Bonchev–Trinajstić information content (AvgIpc) is 1.89. The molecule has 56 valence electrons. The van der Waals surface area contributed by atoms with Crippen LogP contribution in [-0.2, 0) is 0 Å². The molecule has 0 unspecified atom stereocenters. The molecular formula is C7H10ClNO. The third-order valence-electron chi connectivity index (χ3n) is 0.994. The van der Waals surface area contributed by atoms with Gasteiger partial charge in [0.15, 0.2) is 0 Å². The molecule has 0 aliphatic rings. The first kappa shape index (κ1) is 9.40. The fraction of sp³-hybridized carbons (Fsp3) is 0.286. The Kier molecular flexibility index (Phi) is 4.89. The highest BCUT2D eigenvalue weighted by Gasteiger charge is 1.91. The van der Waals surface area contributed by atoms with Crippen LogP contribution in [0.3, 0.4) is 0 Å². The lowest BCUT2D eigenvalue weighted by Crippen LogP contribution is -1.86. The van der Waals surface area contributed by atoms with Crippen LogP contribution in [0.2, 0.25) is 0 Å². The van der Waals surface area contributed by atoms with Crippen molar-refractivity contribution in [3.05, 3.63) is 22.9 Å². The molecule has 0 aromatic heterocycles. The van der Waals surface area contributed by atoms with Crippen LogP contribution in [0.15, 0.2) is 27.9 Å². The molecule has 0 aromatic rings. The Labute approximate surface area is 65.5 Å². The number of halogens is 1. The third-order valence-corrected chi connectivity index (χ3v) is 1.24. The molecule has 0 bridgehead atoms. The first-order valence-electron chi connectivity index (χ1n) is 2.81. The number of hydrogen-bond donors (Lipinski definition) is 1. The quantitative estimate of drug-likeness (QED) is 0.494. The van der Waals surface area contributed by atoms with Gasteiger partial charge in [0, 0.05) is 11.2 Å². The first-order chi connectivity index (χ1) is 4.72. The Balaban J connectivity index is 4.23. The minimum absolute atomic E-state index is 0.0681. The molecule has 0 aliphatic heterocycles. The van der Waals surface area contributed by atoms with Gasteiger partial charge in [-0.2, -0.15) is 0 Å². The number of hydrogen-bond acceptors (Lipinski definition) is 2. The molecule has 0 saturated carbocycles. The van der Waals surface area contributed by atoms with Gasteiger partial charge >= 0.3 is 0 Å². The van der Waals surface area contributed by atoms with Crippen molar-refractivity contribution in [3.8, 4) is 0 Å². The zero-order chi connectivity index (χ0) is 7.98. The van der Waals surface area contributed by atoms with Gasteiger partial charge in [0.25, 0.3) is 0 Å². The molecule has 0 atom stereocenters. The lowest BCUT2D eigenvalue weighted by molar-refractivity contribution is 0.334. The van der Waals surface area contributed by atoms with E-state index in [1.165, 1.54) is 6.20 Å². The van der Waals surface area contributed by atoms with E-state index in [-0.39, 0.29) is 6.61 Å². The van der Waals surface area contributed by atoms with Crippen molar-refractivity contribution in [1.82, 2.24) is 0 Å². The predicted octanol–water partition coefficient (Wildman–Crippen LogP) is 1.71. The smallest absolute Gasteiger partial charge is 0.0693 e. The molecule has 0 aliphatic carbocycles. The maximum absolute atomic E-state index is 8.67. The second kappa shape index (κ2) is 5.21. The number of aliphatic hydroxyl groups excluding tert-OH is 1. The SMILES string of the molecule is C=N/C=C\C(CO)=C(/C)Cl. The van der Waals surface area contributed by atoms with E-state index in [9.17, 15) is 0 Å². The highest BCUT2D eigenvalue weighted by Crippen LogP contribution is 2.08. The van der Waals surface area contributed by atoms with Crippen molar-refractivity contribution >= 4 is 18.3 Å². The highest BCUT2D eigenvalue weighted by molar-refractivity contribution is 6.29. The van der Waals surface area contributed by atoms with Crippen LogP contribution in [0.1, 0.15) is 6.92 Å². The summed E-state index contributed by atoms with van der Waals surface area (Å²) in [6.07, 6.45) is 3.10. The Bertz CT molecular complexity index is 168. The molecule has 3 heteroatoms. The molecule has 0 fully saturated rings. The van der Waals surface area contributed by atoms with Gasteiger partial charge in [0.2, 0.25) is 0 Å². The van der Waals surface area contributed by atoms with Gasteiger partial charge in [-0.05, 0) is 25.3 Å². The second-order valence-corrected chi connectivity index (χ2v) is 2.28. The molecule has 0 aromatic carbocycles. The molecule has 0 rings (SSSR count). The van der Waals surface area contributed by atoms with Crippen LogP contribution in [0.25, 0.3) is 0 Å². The lowest BCUT2D eigenvalue weighted by Gasteiger charge is -1.95. The summed E-state index contributed by atoms with van der Waals surface area (Å²) in [5.74, 6) is 0. The number of aliphatic imine (C=N–C) groups is 1. The van der Waals surface area contributed by atoms with Crippen LogP contribution < -0.4 is 0 Å². The minimum atomic E-state index is -0.0681. The van der Waals surface area contributed by atoms with Crippen molar-refractivity contribution in [1.29, 1.82) is 0 Å². The van der Waals surface area contributed by atoms with Gasteiger partial charge in [-0.1, -0.05) is 11.6 Å². The predicted molar refractivity (Wildman–Crippen MR) is 44.3 cm³/mol. The van der Waals surface area contributed by atoms with E-state index in [0.717, 1.165) is 0 Å². The van der Waals surface area contributed by atoms with E-state index in [0.29, 0.717) is 10.6 Å². The van der Waals surface area contributed by atoms with Crippen molar-refractivity contribution < 1.29 is 5.11 Å². The topological polar surface area (TPSA) is 32.6 Å². The molecule has 0 radical (unpaired) electrons. The average molecular weight is 160 g/mol. The molecular weight excluding hydrogens is 150 g/mol. The normalized spacial score (nSPS) is 13.5. The van der Waals surface area contributed by atoms with Crippen molar-refractivity contribution in [2.24, 2.45) is 4.99 Å². The van der Waals surface area contributed by atoms with E-state index in [4.69, 9.17) is 16.7 Å². The summed E-state index contributed by atoms with van der Waals surface area (Å²) >= 11 is 5.59. The van der Waals surface area contributed by atoms with Crippen LogP contribution in [-0.4, -0.2) is 18.4 Å². The summed E-state index contributed by atoms with van der Waals surface area (Å²) in [6, 6.07) is 0. The fourth-order valence-electron chi connectivity index (χ4n) is 0.419. The summed E-state index contributed by atoms with van der Waals surface area (Å²) in [7, 11) is 0. The molecule has 0 saturated heterocycles. The Hall–Kier alpha value is -0.600. The number of aliphatic hydroxyl groups is 1. The fourth-order valence-corrected chi connectivity index (χ4v) is 0.542. The van der Waals surface area contributed by atoms with Crippen molar-refractivity contribution in [2.45, 2.75) is 6.92 Å². The van der Waals surface area contributed by atoms with Gasteiger partial charge in [0.05, 0.1) is 6.61 Å². The van der Waals surface area contributed by atoms with E-state index in [2.05, 4.69) is 11.7 Å². The molecule has 0 amide bonds. The van der Waals surface area contributed by atoms with Crippen molar-refractivity contribution in [2.75, 3.05) is 6.61 Å². The molecule has 10 heavy (non-hydrogen) atoms. The molecule has 0 heterocycles.